The molecule has 1 aliphatic rings. The van der Waals surface area contributed by atoms with Crippen molar-refractivity contribution in [1.82, 2.24) is 4.90 Å². The molecule has 0 amide bonds. The highest BCUT2D eigenvalue weighted by Gasteiger charge is 2.28. The number of ether oxygens (including phenoxy) is 1. The van der Waals surface area contributed by atoms with Crippen LogP contribution in [0.25, 0.3) is 0 Å². The number of nitrogens with zero attached hydrogens (tertiary/aromatic N) is 1. The van der Waals surface area contributed by atoms with Gasteiger partial charge in [-0.3, -0.25) is 4.90 Å². The zero-order chi connectivity index (χ0) is 12.1. The fraction of sp³-hybridized carbons (Fsp3) is 0.538. The van der Waals surface area contributed by atoms with Crippen LogP contribution in [0.1, 0.15) is 6.42 Å². The zero-order valence-electron chi connectivity index (χ0n) is 9.96. The standard InChI is InChI=1S/C13H20N2O2/c14-11(10-16)6-7-15-8-13(9-15)17-12-4-2-1-3-5-12/h1-5,11,13,16H,6-10,14H2/t11-/m0/s1. The molecule has 4 heteroatoms. The Morgan fingerprint density at radius 3 is 2.71 bits per heavy atom. The third-order valence-corrected chi connectivity index (χ3v) is 3.02. The first-order valence-corrected chi connectivity index (χ1v) is 6.08. The molecule has 1 aromatic carbocycles. The van der Waals surface area contributed by atoms with Crippen LogP contribution in [0.15, 0.2) is 30.3 Å². The topological polar surface area (TPSA) is 58.7 Å². The second-order valence-corrected chi connectivity index (χ2v) is 4.54. The molecule has 1 aromatic rings. The average Bonchev–Trinajstić information content (AvgIpc) is 2.32. The molecule has 0 unspecified atom stereocenters. The van der Waals surface area contributed by atoms with Crippen LogP contribution >= 0.6 is 0 Å². The molecule has 0 aromatic heterocycles. The summed E-state index contributed by atoms with van der Waals surface area (Å²) >= 11 is 0. The summed E-state index contributed by atoms with van der Waals surface area (Å²) in [6, 6.07) is 9.80. The second kappa shape index (κ2) is 6.00. The molecule has 0 bridgehead atoms. The Morgan fingerprint density at radius 2 is 2.06 bits per heavy atom. The van der Waals surface area contributed by atoms with Gasteiger partial charge in [-0.1, -0.05) is 18.2 Å². The van der Waals surface area contributed by atoms with Gasteiger partial charge in [0.15, 0.2) is 0 Å². The van der Waals surface area contributed by atoms with Crippen LogP contribution in [-0.2, 0) is 0 Å². The Bertz CT molecular complexity index is 325. The number of aliphatic hydroxyl groups excluding tert-OH is 1. The maximum absolute atomic E-state index is 8.82. The van der Waals surface area contributed by atoms with Crippen molar-refractivity contribution < 1.29 is 9.84 Å². The SMILES string of the molecule is N[C@H](CO)CCN1CC(Oc2ccccc2)C1. The summed E-state index contributed by atoms with van der Waals surface area (Å²) in [5.74, 6) is 0.934. The molecule has 0 aliphatic carbocycles. The van der Waals surface area contributed by atoms with Crippen molar-refractivity contribution in [3.8, 4) is 5.75 Å². The molecule has 17 heavy (non-hydrogen) atoms. The van der Waals surface area contributed by atoms with E-state index in [2.05, 4.69) is 4.90 Å². The van der Waals surface area contributed by atoms with Gasteiger partial charge >= 0.3 is 0 Å². The quantitative estimate of drug-likeness (QED) is 0.753. The molecule has 1 fully saturated rings. The molecule has 0 saturated carbocycles. The molecule has 0 spiro atoms. The lowest BCUT2D eigenvalue weighted by Crippen LogP contribution is -2.54. The van der Waals surface area contributed by atoms with Crippen LogP contribution in [0.3, 0.4) is 0 Å². The zero-order valence-corrected chi connectivity index (χ0v) is 9.96. The summed E-state index contributed by atoms with van der Waals surface area (Å²) in [6.07, 6.45) is 1.14. The first kappa shape index (κ1) is 12.4. The first-order valence-electron chi connectivity index (χ1n) is 6.08. The number of hydrogen-bond acceptors (Lipinski definition) is 4. The van der Waals surface area contributed by atoms with E-state index in [1.165, 1.54) is 0 Å². The minimum atomic E-state index is -0.0934. The largest absolute Gasteiger partial charge is 0.488 e. The van der Waals surface area contributed by atoms with Crippen molar-refractivity contribution in [2.24, 2.45) is 5.73 Å². The Balaban J connectivity index is 1.63. The fourth-order valence-electron chi connectivity index (χ4n) is 1.91. The highest BCUT2D eigenvalue weighted by atomic mass is 16.5. The van der Waals surface area contributed by atoms with E-state index in [1.807, 2.05) is 30.3 Å². The molecule has 0 radical (unpaired) electrons. The molecule has 1 heterocycles. The predicted molar refractivity (Wildman–Crippen MR) is 67.0 cm³/mol. The molecule has 1 aliphatic heterocycles. The van der Waals surface area contributed by atoms with Gasteiger partial charge in [-0.15, -0.1) is 0 Å². The normalized spacial score (nSPS) is 18.7. The van der Waals surface area contributed by atoms with E-state index in [0.717, 1.165) is 31.8 Å². The highest BCUT2D eigenvalue weighted by molar-refractivity contribution is 5.21. The lowest BCUT2D eigenvalue weighted by atomic mass is 10.1. The minimum absolute atomic E-state index is 0.0672. The van der Waals surface area contributed by atoms with Crippen molar-refractivity contribution in [2.75, 3.05) is 26.2 Å². The first-order chi connectivity index (χ1) is 8.28. The van der Waals surface area contributed by atoms with E-state index in [0.29, 0.717) is 6.10 Å². The number of para-hydroxylation sites is 1. The van der Waals surface area contributed by atoms with Crippen LogP contribution in [0.4, 0.5) is 0 Å². The molecule has 3 N–H and O–H groups in total. The Morgan fingerprint density at radius 1 is 1.35 bits per heavy atom. The Labute approximate surface area is 102 Å². The maximum atomic E-state index is 8.82. The van der Waals surface area contributed by atoms with Crippen LogP contribution < -0.4 is 10.5 Å². The summed E-state index contributed by atoms with van der Waals surface area (Å²) in [5, 5.41) is 8.82. The van der Waals surface area contributed by atoms with Gasteiger partial charge in [-0.2, -0.15) is 0 Å². The summed E-state index contributed by atoms with van der Waals surface area (Å²) in [5.41, 5.74) is 5.65. The summed E-state index contributed by atoms with van der Waals surface area (Å²) in [7, 11) is 0. The van der Waals surface area contributed by atoms with Crippen molar-refractivity contribution in [2.45, 2.75) is 18.6 Å². The van der Waals surface area contributed by atoms with E-state index >= 15 is 0 Å². The van der Waals surface area contributed by atoms with Crippen molar-refractivity contribution >= 4 is 0 Å². The lowest BCUT2D eigenvalue weighted by molar-refractivity contribution is 0.0174. The number of likely N-dealkylation sites (tertiary alicyclic amines) is 1. The highest BCUT2D eigenvalue weighted by Crippen LogP contribution is 2.17. The van der Waals surface area contributed by atoms with Gasteiger partial charge in [0.05, 0.1) is 6.61 Å². The number of benzene rings is 1. The van der Waals surface area contributed by atoms with E-state index in [1.54, 1.807) is 0 Å². The van der Waals surface area contributed by atoms with Crippen molar-refractivity contribution in [3.63, 3.8) is 0 Å². The lowest BCUT2D eigenvalue weighted by Gasteiger charge is -2.39. The number of rotatable bonds is 6. The molecule has 1 saturated heterocycles. The van der Waals surface area contributed by atoms with Gasteiger partial charge in [0.1, 0.15) is 11.9 Å². The summed E-state index contributed by atoms with van der Waals surface area (Å²) in [4.78, 5) is 2.29. The smallest absolute Gasteiger partial charge is 0.124 e. The van der Waals surface area contributed by atoms with Crippen LogP contribution in [-0.4, -0.2) is 48.4 Å². The summed E-state index contributed by atoms with van der Waals surface area (Å²) in [6.45, 7) is 2.91. The Hall–Kier alpha value is -1.10. The van der Waals surface area contributed by atoms with Crippen molar-refractivity contribution in [1.29, 1.82) is 0 Å². The van der Waals surface area contributed by atoms with Gasteiger partial charge in [0.2, 0.25) is 0 Å². The minimum Gasteiger partial charge on any atom is -0.488 e. The van der Waals surface area contributed by atoms with Crippen LogP contribution in [0.5, 0.6) is 5.75 Å². The van der Waals surface area contributed by atoms with E-state index < -0.39 is 0 Å². The predicted octanol–water partition coefficient (Wildman–Crippen LogP) is 0.459. The van der Waals surface area contributed by atoms with Gasteiger partial charge < -0.3 is 15.6 Å². The Kier molecular flexibility index (Phi) is 4.36. The molecular weight excluding hydrogens is 216 g/mol. The third-order valence-electron chi connectivity index (χ3n) is 3.02. The number of aliphatic hydroxyl groups is 1. The monoisotopic (exact) mass is 236 g/mol. The molecule has 1 atom stereocenters. The van der Waals surface area contributed by atoms with Gasteiger partial charge in [-0.05, 0) is 18.6 Å². The van der Waals surface area contributed by atoms with E-state index in [4.69, 9.17) is 15.6 Å². The molecule has 4 nitrogen and oxygen atoms in total. The van der Waals surface area contributed by atoms with Gasteiger partial charge in [-0.25, -0.2) is 0 Å². The fourth-order valence-corrected chi connectivity index (χ4v) is 1.91. The average molecular weight is 236 g/mol. The second-order valence-electron chi connectivity index (χ2n) is 4.54. The third kappa shape index (κ3) is 3.70. The van der Waals surface area contributed by atoms with E-state index in [-0.39, 0.29) is 12.6 Å². The molecule has 94 valence electrons. The maximum Gasteiger partial charge on any atom is 0.124 e. The van der Waals surface area contributed by atoms with E-state index in [9.17, 15) is 0 Å². The summed E-state index contributed by atoms with van der Waals surface area (Å²) < 4.78 is 5.79. The van der Waals surface area contributed by atoms with Crippen LogP contribution in [0.2, 0.25) is 0 Å². The van der Waals surface area contributed by atoms with Crippen LogP contribution in [0, 0.1) is 0 Å². The van der Waals surface area contributed by atoms with Crippen molar-refractivity contribution in [3.05, 3.63) is 30.3 Å². The number of hydrogen-bond donors (Lipinski definition) is 2. The van der Waals surface area contributed by atoms with Gasteiger partial charge in [0.25, 0.3) is 0 Å². The number of nitrogens with two attached hydrogens (primary N) is 1. The molecular formula is C13H20N2O2. The molecule has 2 rings (SSSR count). The van der Waals surface area contributed by atoms with Gasteiger partial charge in [0, 0.05) is 25.7 Å².